The van der Waals surface area contributed by atoms with E-state index in [9.17, 15) is 35.9 Å². The van der Waals surface area contributed by atoms with Gasteiger partial charge in [0, 0.05) is 120 Å². The van der Waals surface area contributed by atoms with Gasteiger partial charge in [-0.2, -0.15) is 26.3 Å². The van der Waals surface area contributed by atoms with Gasteiger partial charge in [-0.3, -0.25) is 9.59 Å². The third kappa shape index (κ3) is 11.2. The Morgan fingerprint density at radius 3 is 1.99 bits per heavy atom. The molecule has 2 fully saturated rings. The molecule has 1 saturated carbocycles. The zero-order chi connectivity index (χ0) is 53.9. The Morgan fingerprint density at radius 1 is 0.724 bits per heavy atom. The minimum absolute atomic E-state index is 0.0138. The summed E-state index contributed by atoms with van der Waals surface area (Å²) in [4.78, 5) is 53.3. The quantitative estimate of drug-likeness (QED) is 0.0657. The van der Waals surface area contributed by atoms with Crippen LogP contribution in [-0.2, 0) is 16.9 Å². The van der Waals surface area contributed by atoms with Crippen LogP contribution in [0.25, 0.3) is 44.3 Å². The Labute approximate surface area is 433 Å². The molecule has 406 valence electrons. The highest BCUT2D eigenvalue weighted by molar-refractivity contribution is 7.71. The number of hydrogen-bond acceptors (Lipinski definition) is 11. The van der Waals surface area contributed by atoms with Crippen LogP contribution in [0.2, 0.25) is 0 Å². The predicted octanol–water partition coefficient (Wildman–Crippen LogP) is 8.99. The van der Waals surface area contributed by atoms with Gasteiger partial charge >= 0.3 is 12.4 Å². The summed E-state index contributed by atoms with van der Waals surface area (Å²) in [6.07, 6.45) is -2.15. The molecule has 0 radical (unpaired) electrons. The molecule has 7 N–H and O–H groups in total. The number of aromatic amines is 2. The van der Waals surface area contributed by atoms with Crippen LogP contribution in [0.4, 0.5) is 47.0 Å². The number of benzene rings is 2. The molecule has 12 rings (SSSR count). The van der Waals surface area contributed by atoms with Gasteiger partial charge in [0.05, 0.1) is 34.5 Å². The van der Waals surface area contributed by atoms with Crippen LogP contribution in [-0.4, -0.2) is 136 Å². The first-order valence-electron chi connectivity index (χ1n) is 25.4. The molecular formula is C51H58F8N12O3P2. The van der Waals surface area contributed by atoms with E-state index in [-0.39, 0.29) is 81.2 Å². The second-order valence-electron chi connectivity index (χ2n) is 20.9. The monoisotopic (exact) mass is 1100 g/mol. The fourth-order valence-corrected chi connectivity index (χ4v) is 15.6. The number of nitrogens with one attached hydrogen (secondary N) is 7. The molecule has 3 unspecified atom stereocenters. The maximum Gasteiger partial charge on any atom is 0.419 e. The van der Waals surface area contributed by atoms with Crippen LogP contribution in [0.5, 0.6) is 0 Å². The van der Waals surface area contributed by atoms with Gasteiger partial charge in [0.15, 0.2) is 0 Å². The van der Waals surface area contributed by atoms with Crippen molar-refractivity contribution >= 4 is 71.2 Å². The average molecular weight is 1100 g/mol. The normalized spacial score (nSPS) is 23.7. The zero-order valence-electron chi connectivity index (χ0n) is 41.9. The number of fused-ring (bicyclic) bond motifs is 14. The van der Waals surface area contributed by atoms with Gasteiger partial charge in [0.1, 0.15) is 18.3 Å². The molecule has 6 atom stereocenters. The van der Waals surface area contributed by atoms with Crippen LogP contribution >= 0.6 is 15.1 Å². The lowest BCUT2D eigenvalue weighted by Crippen LogP contribution is -2.48. The molecule has 6 aromatic rings. The summed E-state index contributed by atoms with van der Waals surface area (Å²) in [5.74, 6) is -5.17. The maximum atomic E-state index is 15.8. The van der Waals surface area contributed by atoms with Crippen molar-refractivity contribution in [1.29, 1.82) is 0 Å². The molecule has 4 aromatic heterocycles. The molecule has 1 saturated heterocycles. The van der Waals surface area contributed by atoms with E-state index in [1.807, 2.05) is 13.3 Å². The van der Waals surface area contributed by atoms with Gasteiger partial charge in [-0.15, -0.1) is 0 Å². The topological polar surface area (TPSA) is 198 Å². The number of H-pyrrole nitrogens is 2. The van der Waals surface area contributed by atoms with E-state index in [2.05, 4.69) is 61.4 Å². The van der Waals surface area contributed by atoms with Crippen molar-refractivity contribution in [1.82, 2.24) is 50.8 Å². The molecule has 2 amide bonds. The number of nitrogens with zero attached hydrogens (tertiary/aromatic N) is 5. The summed E-state index contributed by atoms with van der Waals surface area (Å²) in [6, 6.07) is 5.03. The highest BCUT2D eigenvalue weighted by Gasteiger charge is 2.41. The van der Waals surface area contributed by atoms with Crippen LogP contribution in [0.15, 0.2) is 49.1 Å². The van der Waals surface area contributed by atoms with Crippen LogP contribution in [0.1, 0.15) is 83.2 Å². The van der Waals surface area contributed by atoms with E-state index in [1.165, 1.54) is 31.2 Å². The largest absolute Gasteiger partial charge is 0.419 e. The summed E-state index contributed by atoms with van der Waals surface area (Å²) >= 11 is 0. The summed E-state index contributed by atoms with van der Waals surface area (Å²) in [5.41, 5.74) is -2.04. The molecule has 1 aliphatic carbocycles. The van der Waals surface area contributed by atoms with Gasteiger partial charge in [0.25, 0.3) is 17.7 Å². The third-order valence-electron chi connectivity index (χ3n) is 15.0. The second-order valence-corrected chi connectivity index (χ2v) is 26.1. The van der Waals surface area contributed by atoms with E-state index in [1.54, 1.807) is 12.1 Å². The number of anilines is 2. The average Bonchev–Trinajstić information content (AvgIpc) is 4.15. The molecule has 16 bridgehead atoms. The van der Waals surface area contributed by atoms with E-state index in [4.69, 9.17) is 0 Å². The number of halogens is 8. The van der Waals surface area contributed by atoms with E-state index < -0.39 is 81.0 Å². The molecule has 2 aromatic carbocycles. The minimum atomic E-state index is -4.89. The third-order valence-corrected chi connectivity index (χ3v) is 18.9. The number of alkyl halides is 8. The Kier molecular flexibility index (Phi) is 14.7. The lowest BCUT2D eigenvalue weighted by molar-refractivity contribution is -0.138. The van der Waals surface area contributed by atoms with Crippen molar-refractivity contribution in [3.8, 4) is 22.5 Å². The van der Waals surface area contributed by atoms with Crippen LogP contribution < -0.4 is 37.2 Å². The SMILES string of the molecule is CP(C)c1c2ccc3c(c[nH]c13)-c1nc(ncc1C(F)(F)F)N[C@H]1CC(CP(C)(=O)c3c4ccc5c(c[nH]c35)-c3nc(ncc3C(F)(F)F)N[C@H]3CC[C@@H](C3)NCCC(F)(F)CNC4=O)CN(CCCCCNC2=O)C1. The zero-order valence-corrected chi connectivity index (χ0v) is 43.7. The Morgan fingerprint density at radius 2 is 1.33 bits per heavy atom. The lowest BCUT2D eigenvalue weighted by Gasteiger charge is -2.39. The van der Waals surface area contributed by atoms with Gasteiger partial charge < -0.3 is 46.0 Å². The predicted molar refractivity (Wildman–Crippen MR) is 278 cm³/mol. The highest BCUT2D eigenvalue weighted by atomic mass is 31.2. The first-order valence-corrected chi connectivity index (χ1v) is 30.0. The van der Waals surface area contributed by atoms with Gasteiger partial charge in [0.2, 0.25) is 11.9 Å². The molecule has 5 aliphatic heterocycles. The van der Waals surface area contributed by atoms with Crippen molar-refractivity contribution in [3.63, 3.8) is 0 Å². The van der Waals surface area contributed by atoms with Crippen molar-refractivity contribution < 1.29 is 49.3 Å². The number of rotatable bonds is 4. The smallest absolute Gasteiger partial charge is 0.360 e. The number of carbonyl (C=O) groups is 2. The molecular weight excluding hydrogens is 1040 g/mol. The summed E-state index contributed by atoms with van der Waals surface area (Å²) in [7, 11) is -4.78. The highest BCUT2D eigenvalue weighted by Crippen LogP contribution is 2.49. The van der Waals surface area contributed by atoms with Gasteiger partial charge in [-0.1, -0.05) is 26.5 Å². The standard InChI is InChI=1S/C51H58F8N12O3P2/c1-75(2)43-33-11-9-31-35(19-62-41(31)43)39-37(50(54,55)56)22-65-48(70-39)68-30-17-27(23-71(24-30)16-6-4-5-14-61-45(33)72)25-76(3,74)44-34-12-10-32-36(20-63-42(32)44)40-38(51(57,58)59)21-64-47(69-40)67-29-8-7-28(18-29)60-15-13-49(52,53)26-66-46(34)73/h9-12,19-22,27-30,60,62-63H,4-8,13-18,23-26H2,1-3H3,(H,61,72)(H,66,73)(H,64,67,69)(H,65,68,70)/t27?,28-,29-,30-,76?/m0/s1. The first-order chi connectivity index (χ1) is 36.0. The fourth-order valence-electron chi connectivity index (χ4n) is 11.6. The summed E-state index contributed by atoms with van der Waals surface area (Å²) in [5, 5.41) is 16.2. The number of hydrogen-bond donors (Lipinski definition) is 7. The molecule has 0 spiro atoms. The van der Waals surface area contributed by atoms with Crippen molar-refractivity contribution in [2.45, 2.75) is 87.8 Å². The fraction of sp³-hybridized carbons (Fsp3) is 0.490. The minimum Gasteiger partial charge on any atom is -0.360 e. The van der Waals surface area contributed by atoms with Gasteiger partial charge in [-0.05, 0) is 83.1 Å². The number of amides is 2. The molecule has 25 heteroatoms. The van der Waals surface area contributed by atoms with Crippen molar-refractivity contribution in [3.05, 3.63) is 71.3 Å². The van der Waals surface area contributed by atoms with Crippen molar-refractivity contribution in [2.24, 2.45) is 5.92 Å². The van der Waals surface area contributed by atoms with Crippen molar-refractivity contribution in [2.75, 3.05) is 76.1 Å². The molecule has 15 nitrogen and oxygen atoms in total. The number of aromatic nitrogens is 6. The van der Waals surface area contributed by atoms with E-state index in [0.717, 1.165) is 12.6 Å². The second kappa shape index (κ2) is 20.9. The van der Waals surface area contributed by atoms with E-state index in [0.29, 0.717) is 92.7 Å². The lowest BCUT2D eigenvalue weighted by atomic mass is 9.95. The molecule has 6 aliphatic rings. The Bertz CT molecular complexity index is 3240. The Balaban J connectivity index is 1.03. The van der Waals surface area contributed by atoms with Crippen LogP contribution in [0, 0.1) is 5.92 Å². The maximum absolute atomic E-state index is 15.8. The Hall–Kier alpha value is -5.76. The van der Waals surface area contributed by atoms with E-state index >= 15 is 13.3 Å². The molecule has 76 heavy (non-hydrogen) atoms. The number of carbonyl (C=O) groups excluding carboxylic acids is 2. The summed E-state index contributed by atoms with van der Waals surface area (Å²) < 4.78 is 136. The van der Waals surface area contributed by atoms with Gasteiger partial charge in [-0.25, -0.2) is 28.7 Å². The molecule has 9 heterocycles. The summed E-state index contributed by atoms with van der Waals surface area (Å²) in [6.45, 7) is 5.99. The number of piperidine rings is 1. The first kappa shape index (κ1) is 53.6. The van der Waals surface area contributed by atoms with Crippen LogP contribution in [0.3, 0.4) is 0 Å².